The zero-order valence-corrected chi connectivity index (χ0v) is 43.3. The smallest absolute Gasteiger partial charge is 0.160 e. The van der Waals surface area contributed by atoms with Crippen LogP contribution in [0.25, 0.3) is 50.4 Å². The van der Waals surface area contributed by atoms with Crippen LogP contribution in [0.4, 0.5) is 22.7 Å². The number of fused-ring (bicyclic) bond motifs is 6. The van der Waals surface area contributed by atoms with E-state index < -0.39 is 0 Å². The predicted octanol–water partition coefficient (Wildman–Crippen LogP) is 19.8. The molecular formula is C66H70N2O2. The van der Waals surface area contributed by atoms with Gasteiger partial charge in [-0.3, -0.25) is 0 Å². The van der Waals surface area contributed by atoms with Gasteiger partial charge in [-0.25, -0.2) is 0 Å². The number of benzene rings is 6. The Bertz CT molecular complexity index is 3330. The minimum absolute atomic E-state index is 0.249. The third-order valence-electron chi connectivity index (χ3n) is 12.2. The van der Waals surface area contributed by atoms with Crippen molar-refractivity contribution in [3.05, 3.63) is 238 Å². The predicted molar refractivity (Wildman–Crippen MR) is 308 cm³/mol. The van der Waals surface area contributed by atoms with Crippen molar-refractivity contribution in [1.29, 1.82) is 0 Å². The van der Waals surface area contributed by atoms with E-state index in [0.717, 1.165) is 100 Å². The lowest BCUT2D eigenvalue weighted by atomic mass is 9.91. The number of aliphatic hydroxyl groups excluding tert-OH is 1. The van der Waals surface area contributed by atoms with E-state index in [1.165, 1.54) is 17.5 Å². The Morgan fingerprint density at radius 1 is 0.729 bits per heavy atom. The summed E-state index contributed by atoms with van der Waals surface area (Å²) in [5.74, 6) is 1.04. The molecule has 9 rings (SSSR count). The number of hydrogen-bond donors (Lipinski definition) is 1. The fourth-order valence-electron chi connectivity index (χ4n) is 9.29. The minimum atomic E-state index is 0.249. The summed E-state index contributed by atoms with van der Waals surface area (Å²) in [4.78, 5) is 4.66. The van der Waals surface area contributed by atoms with Crippen LogP contribution in [0.3, 0.4) is 0 Å². The molecule has 70 heavy (non-hydrogen) atoms. The number of allylic oxidation sites excluding steroid dienone is 10. The molecule has 0 saturated carbocycles. The minimum Gasteiger partial charge on any atom is -0.511 e. The second-order valence-corrected chi connectivity index (χ2v) is 17.2. The van der Waals surface area contributed by atoms with Gasteiger partial charge in [-0.15, -0.1) is 5.73 Å². The average molecular weight is 923 g/mol. The van der Waals surface area contributed by atoms with Crippen molar-refractivity contribution in [3.63, 3.8) is 0 Å². The van der Waals surface area contributed by atoms with Crippen LogP contribution in [0.1, 0.15) is 99.1 Å². The average Bonchev–Trinajstić information content (AvgIpc) is 3.45. The molecule has 4 nitrogen and oxygen atoms in total. The highest BCUT2D eigenvalue weighted by Crippen LogP contribution is 2.48. The first-order valence-corrected chi connectivity index (χ1v) is 24.8. The van der Waals surface area contributed by atoms with E-state index in [9.17, 15) is 5.11 Å². The Morgan fingerprint density at radius 2 is 1.36 bits per heavy atom. The number of nitrogens with zero attached hydrogens (tertiary/aromatic N) is 2. The molecule has 0 atom stereocenters. The Balaban J connectivity index is 0.00000109. The Hall–Kier alpha value is -7.78. The zero-order valence-electron chi connectivity index (χ0n) is 43.3. The van der Waals surface area contributed by atoms with Crippen molar-refractivity contribution >= 4 is 73.1 Å². The summed E-state index contributed by atoms with van der Waals surface area (Å²) in [5.41, 5.74) is 19.4. The zero-order chi connectivity index (χ0) is 50.6. The maximum absolute atomic E-state index is 11.8. The highest BCUT2D eigenvalue weighted by molar-refractivity contribution is 6.18. The molecule has 0 spiro atoms. The molecule has 7 aromatic rings. The molecule has 0 saturated heterocycles. The first-order valence-electron chi connectivity index (χ1n) is 24.8. The van der Waals surface area contributed by atoms with Gasteiger partial charge in [-0.05, 0) is 133 Å². The highest BCUT2D eigenvalue weighted by Gasteiger charge is 2.28. The third-order valence-corrected chi connectivity index (χ3v) is 12.2. The van der Waals surface area contributed by atoms with Gasteiger partial charge in [0.05, 0.1) is 11.4 Å². The van der Waals surface area contributed by atoms with Crippen molar-refractivity contribution in [3.8, 4) is 0 Å². The van der Waals surface area contributed by atoms with E-state index in [2.05, 4.69) is 181 Å². The van der Waals surface area contributed by atoms with Crippen molar-refractivity contribution in [2.75, 3.05) is 9.80 Å². The highest BCUT2D eigenvalue weighted by atomic mass is 16.3. The van der Waals surface area contributed by atoms with E-state index in [1.807, 2.05) is 82.4 Å². The molecule has 2 aliphatic rings. The van der Waals surface area contributed by atoms with Crippen LogP contribution < -0.4 is 9.80 Å². The van der Waals surface area contributed by atoms with E-state index >= 15 is 0 Å². The van der Waals surface area contributed by atoms with Crippen LogP contribution in [-0.4, -0.2) is 5.11 Å². The molecule has 2 aliphatic carbocycles. The largest absolute Gasteiger partial charge is 0.511 e. The molecule has 4 heteroatoms. The number of aliphatic hydroxyl groups is 1. The van der Waals surface area contributed by atoms with Crippen LogP contribution in [0.15, 0.2) is 198 Å². The summed E-state index contributed by atoms with van der Waals surface area (Å²) in [6.07, 6.45) is 21.1. The molecule has 0 radical (unpaired) electrons. The second kappa shape index (κ2) is 23.5. The third kappa shape index (κ3) is 10.3. The summed E-state index contributed by atoms with van der Waals surface area (Å²) in [6.45, 7) is 35.5. The van der Waals surface area contributed by atoms with Gasteiger partial charge in [0, 0.05) is 51.1 Å². The lowest BCUT2D eigenvalue weighted by Crippen LogP contribution is -2.19. The molecule has 1 N–H and O–H groups in total. The normalized spacial score (nSPS) is 12.7. The lowest BCUT2D eigenvalue weighted by molar-refractivity contribution is 0.394. The second-order valence-electron chi connectivity index (χ2n) is 17.2. The maximum atomic E-state index is 11.8. The summed E-state index contributed by atoms with van der Waals surface area (Å²) < 4.78 is 6.75. The van der Waals surface area contributed by atoms with Crippen LogP contribution >= 0.6 is 0 Å². The molecule has 0 amide bonds. The molecule has 0 unspecified atom stereocenters. The van der Waals surface area contributed by atoms with Crippen molar-refractivity contribution in [1.82, 2.24) is 0 Å². The quantitative estimate of drug-likeness (QED) is 0.0843. The summed E-state index contributed by atoms with van der Waals surface area (Å²) >= 11 is 0. The molecule has 6 aromatic carbocycles. The Kier molecular flexibility index (Phi) is 17.3. The van der Waals surface area contributed by atoms with Gasteiger partial charge >= 0.3 is 0 Å². The standard InChI is InChI=1S/C59H50N2O2.C3H8.2C2H6/c1-9-11-17-39(5)46-21-16-18-45(36-55(46)62)60(50-30-24-37(3)34-40(50)6)53-33-27-43(10-2)58-49(53)29-26-44-28-32-52(42(8)57(44)58)61(51-31-25-38(4)35-41(51)7)54-22-14-12-20-48-47-19-13-15-23-56(47)63-59(48)54;1-3-2;2*1-2/h9-11,13-35,62H,1-2,5,36H2,3-4,6-8H3;3H2,1-2H3;2*1-2H3/b17-11-;;;. The van der Waals surface area contributed by atoms with Crippen LogP contribution in [0.2, 0.25) is 0 Å². The number of para-hydroxylation sites is 1. The van der Waals surface area contributed by atoms with E-state index in [0.29, 0.717) is 17.6 Å². The first-order chi connectivity index (χ1) is 34.0. The molecule has 1 heterocycles. The molecule has 0 fully saturated rings. The number of anilines is 4. The lowest BCUT2D eigenvalue weighted by Gasteiger charge is -2.32. The van der Waals surface area contributed by atoms with E-state index in [-0.39, 0.29) is 5.76 Å². The Labute approximate surface area is 418 Å². The van der Waals surface area contributed by atoms with Gasteiger partial charge in [0.1, 0.15) is 11.3 Å². The van der Waals surface area contributed by atoms with E-state index in [1.54, 1.807) is 6.08 Å². The topological polar surface area (TPSA) is 39.9 Å². The summed E-state index contributed by atoms with van der Waals surface area (Å²) in [5, 5.41) is 17.2. The maximum Gasteiger partial charge on any atom is 0.160 e. The monoisotopic (exact) mass is 923 g/mol. The molecule has 0 aliphatic heterocycles. The number of rotatable bonds is 10. The summed E-state index contributed by atoms with van der Waals surface area (Å²) in [7, 11) is 0. The molecule has 356 valence electrons. The number of hydrogen-bond acceptors (Lipinski definition) is 4. The summed E-state index contributed by atoms with van der Waals surface area (Å²) in [6, 6.07) is 34.7. The van der Waals surface area contributed by atoms with Crippen LogP contribution in [-0.2, 0) is 0 Å². The van der Waals surface area contributed by atoms with Crippen molar-refractivity contribution in [2.45, 2.75) is 89.0 Å². The van der Waals surface area contributed by atoms with Gasteiger partial charge < -0.3 is 19.3 Å². The van der Waals surface area contributed by atoms with Crippen LogP contribution in [0, 0.1) is 34.6 Å². The van der Waals surface area contributed by atoms with Gasteiger partial charge in [0.15, 0.2) is 5.76 Å². The van der Waals surface area contributed by atoms with Gasteiger partial charge in [0.2, 0.25) is 0 Å². The molecular weight excluding hydrogens is 853 g/mol. The molecule has 0 bridgehead atoms. The number of aryl methyl sites for hydroxylation is 5. The van der Waals surface area contributed by atoms with Gasteiger partial charge in [-0.2, -0.15) is 0 Å². The fraction of sp³-hybridized carbons (Fsp3) is 0.197. The Morgan fingerprint density at radius 3 is 2.01 bits per heavy atom. The van der Waals surface area contributed by atoms with Gasteiger partial charge in [-0.1, -0.05) is 182 Å². The number of furan rings is 1. The molecule has 1 aromatic heterocycles. The SMILES string of the molecule is C=C/C=C\C(=C)C1=C(O)CC(N(c2ccc(C)cc2C)c2ccc(C=C)c3c2ccc2ccc(N(C4=CC=C=Cc5c4oc4ccccc54)c4ccc(C)cc4C)c(C)c23)=CC=C1.CC.CC.CCC. The van der Waals surface area contributed by atoms with Gasteiger partial charge in [0.25, 0.3) is 0 Å². The van der Waals surface area contributed by atoms with E-state index in [4.69, 9.17) is 4.42 Å². The van der Waals surface area contributed by atoms with Crippen molar-refractivity contribution < 1.29 is 9.52 Å². The first kappa shape index (κ1) is 51.6. The fourth-order valence-corrected chi connectivity index (χ4v) is 9.29. The van der Waals surface area contributed by atoms with Crippen molar-refractivity contribution in [2.24, 2.45) is 0 Å². The van der Waals surface area contributed by atoms with Crippen LogP contribution in [0.5, 0.6) is 0 Å².